The van der Waals surface area contributed by atoms with E-state index in [9.17, 15) is 4.79 Å². The molecule has 0 unspecified atom stereocenters. The first-order valence-electron chi connectivity index (χ1n) is 8.68. The van der Waals surface area contributed by atoms with E-state index in [-0.39, 0.29) is 6.09 Å². The van der Waals surface area contributed by atoms with Crippen LogP contribution in [-0.4, -0.2) is 59.5 Å². The molecule has 1 amide bonds. The number of ether oxygens (including phenoxy) is 1. The second kappa shape index (κ2) is 10.5. The summed E-state index contributed by atoms with van der Waals surface area (Å²) in [6.45, 7) is 10.4. The third kappa shape index (κ3) is 8.99. The second-order valence-electron chi connectivity index (χ2n) is 7.12. The lowest BCUT2D eigenvalue weighted by atomic mass is 10.1. The zero-order valence-electron chi connectivity index (χ0n) is 14.6. The van der Waals surface area contributed by atoms with Crippen molar-refractivity contribution >= 4 is 22.0 Å². The predicted molar refractivity (Wildman–Crippen MR) is 95.7 cm³/mol. The lowest BCUT2D eigenvalue weighted by Crippen LogP contribution is -2.50. The largest absolute Gasteiger partial charge is 0.444 e. The molecule has 0 spiro atoms. The van der Waals surface area contributed by atoms with Crippen LogP contribution in [0.2, 0.25) is 0 Å². The average molecular weight is 377 g/mol. The molecule has 1 rings (SSSR count). The molecule has 1 saturated heterocycles. The van der Waals surface area contributed by atoms with Gasteiger partial charge in [0.15, 0.2) is 0 Å². The SMILES string of the molecule is CC(C)(C)OC(=O)N1CCN(CCCCCCCCBr)CC1. The van der Waals surface area contributed by atoms with Gasteiger partial charge in [-0.1, -0.05) is 41.6 Å². The van der Waals surface area contributed by atoms with Gasteiger partial charge in [0.2, 0.25) is 0 Å². The van der Waals surface area contributed by atoms with Gasteiger partial charge < -0.3 is 9.64 Å². The molecule has 0 bridgehead atoms. The summed E-state index contributed by atoms with van der Waals surface area (Å²) in [6, 6.07) is 0. The molecule has 4 nitrogen and oxygen atoms in total. The van der Waals surface area contributed by atoms with Crippen LogP contribution in [0, 0.1) is 0 Å². The molecule has 0 aromatic carbocycles. The minimum Gasteiger partial charge on any atom is -0.444 e. The van der Waals surface area contributed by atoms with Crippen molar-refractivity contribution in [3.05, 3.63) is 0 Å². The van der Waals surface area contributed by atoms with Gasteiger partial charge >= 0.3 is 6.09 Å². The van der Waals surface area contributed by atoms with Gasteiger partial charge in [0.1, 0.15) is 5.60 Å². The first kappa shape index (κ1) is 19.8. The maximum atomic E-state index is 12.0. The number of unbranched alkanes of at least 4 members (excludes halogenated alkanes) is 5. The average Bonchev–Trinajstić information content (AvgIpc) is 2.45. The van der Waals surface area contributed by atoms with Crippen molar-refractivity contribution in [3.8, 4) is 0 Å². The van der Waals surface area contributed by atoms with E-state index in [1.165, 1.54) is 45.1 Å². The van der Waals surface area contributed by atoms with Crippen molar-refractivity contribution in [3.63, 3.8) is 0 Å². The monoisotopic (exact) mass is 376 g/mol. The highest BCUT2D eigenvalue weighted by Gasteiger charge is 2.25. The maximum absolute atomic E-state index is 12.0. The van der Waals surface area contributed by atoms with E-state index in [2.05, 4.69) is 20.8 Å². The highest BCUT2D eigenvalue weighted by Crippen LogP contribution is 2.13. The van der Waals surface area contributed by atoms with Gasteiger partial charge in [0, 0.05) is 31.5 Å². The Kier molecular flexibility index (Phi) is 9.41. The number of piperazine rings is 1. The highest BCUT2D eigenvalue weighted by molar-refractivity contribution is 9.09. The predicted octanol–water partition coefficient (Wildman–Crippen LogP) is 4.27. The Morgan fingerprint density at radius 3 is 2.05 bits per heavy atom. The first-order valence-corrected chi connectivity index (χ1v) is 9.81. The molecule has 130 valence electrons. The molecule has 0 aliphatic carbocycles. The van der Waals surface area contributed by atoms with Gasteiger partial charge in [-0.25, -0.2) is 4.79 Å². The fourth-order valence-corrected chi connectivity index (χ4v) is 3.01. The van der Waals surface area contributed by atoms with Crippen molar-refractivity contribution in [1.82, 2.24) is 9.80 Å². The topological polar surface area (TPSA) is 32.8 Å². The van der Waals surface area contributed by atoms with E-state index in [0.717, 1.165) is 31.5 Å². The summed E-state index contributed by atoms with van der Waals surface area (Å²) >= 11 is 3.47. The number of halogens is 1. The van der Waals surface area contributed by atoms with Crippen molar-refractivity contribution < 1.29 is 9.53 Å². The Morgan fingerprint density at radius 2 is 1.50 bits per heavy atom. The molecule has 1 aliphatic heterocycles. The molecular formula is C17H33BrN2O2. The van der Waals surface area contributed by atoms with Crippen LogP contribution in [0.4, 0.5) is 4.79 Å². The summed E-state index contributed by atoms with van der Waals surface area (Å²) in [5.74, 6) is 0. The van der Waals surface area contributed by atoms with E-state index in [1.54, 1.807) is 0 Å². The van der Waals surface area contributed by atoms with Gasteiger partial charge in [-0.15, -0.1) is 0 Å². The fraction of sp³-hybridized carbons (Fsp3) is 0.941. The van der Waals surface area contributed by atoms with Crippen molar-refractivity contribution in [2.24, 2.45) is 0 Å². The van der Waals surface area contributed by atoms with Crippen LogP contribution >= 0.6 is 15.9 Å². The normalized spacial score (nSPS) is 16.8. The van der Waals surface area contributed by atoms with Crippen LogP contribution in [0.15, 0.2) is 0 Å². The van der Waals surface area contributed by atoms with Crippen LogP contribution in [-0.2, 0) is 4.74 Å². The molecule has 0 saturated carbocycles. The maximum Gasteiger partial charge on any atom is 0.410 e. The van der Waals surface area contributed by atoms with Crippen LogP contribution < -0.4 is 0 Å². The summed E-state index contributed by atoms with van der Waals surface area (Å²) in [5.41, 5.74) is -0.400. The molecule has 0 N–H and O–H groups in total. The van der Waals surface area contributed by atoms with E-state index in [4.69, 9.17) is 4.74 Å². The molecule has 1 fully saturated rings. The molecular weight excluding hydrogens is 344 g/mol. The zero-order chi connectivity index (χ0) is 16.4. The third-order valence-corrected chi connectivity index (χ3v) is 4.44. The van der Waals surface area contributed by atoms with Gasteiger partial charge in [-0.3, -0.25) is 4.90 Å². The second-order valence-corrected chi connectivity index (χ2v) is 7.91. The Morgan fingerprint density at radius 1 is 0.955 bits per heavy atom. The number of nitrogens with zero attached hydrogens (tertiary/aromatic N) is 2. The quantitative estimate of drug-likeness (QED) is 0.468. The minimum absolute atomic E-state index is 0.168. The van der Waals surface area contributed by atoms with Gasteiger partial charge in [0.25, 0.3) is 0 Å². The number of amides is 1. The first-order chi connectivity index (χ1) is 10.4. The zero-order valence-corrected chi connectivity index (χ0v) is 16.2. The Bertz CT molecular complexity index is 310. The molecule has 5 heteroatoms. The van der Waals surface area contributed by atoms with Crippen molar-refractivity contribution in [2.45, 2.75) is 64.9 Å². The van der Waals surface area contributed by atoms with Crippen LogP contribution in [0.5, 0.6) is 0 Å². The summed E-state index contributed by atoms with van der Waals surface area (Å²) in [7, 11) is 0. The molecule has 1 aliphatic rings. The third-order valence-electron chi connectivity index (χ3n) is 3.88. The van der Waals surface area contributed by atoms with E-state index in [0.29, 0.717) is 0 Å². The highest BCUT2D eigenvalue weighted by atomic mass is 79.9. The Hall–Kier alpha value is -0.290. The minimum atomic E-state index is -0.400. The number of alkyl halides is 1. The summed E-state index contributed by atoms with van der Waals surface area (Å²) < 4.78 is 5.42. The summed E-state index contributed by atoms with van der Waals surface area (Å²) in [4.78, 5) is 16.3. The molecule has 1 heterocycles. The number of hydrogen-bond donors (Lipinski definition) is 0. The number of rotatable bonds is 8. The smallest absolute Gasteiger partial charge is 0.410 e. The van der Waals surface area contributed by atoms with Crippen LogP contribution in [0.1, 0.15) is 59.3 Å². The lowest BCUT2D eigenvalue weighted by molar-refractivity contribution is 0.0144. The van der Waals surface area contributed by atoms with E-state index in [1.807, 2.05) is 25.7 Å². The summed E-state index contributed by atoms with van der Waals surface area (Å²) in [5, 5.41) is 1.13. The van der Waals surface area contributed by atoms with E-state index >= 15 is 0 Å². The number of carbonyl (C=O) groups is 1. The Labute approximate surface area is 144 Å². The van der Waals surface area contributed by atoms with Crippen LogP contribution in [0.3, 0.4) is 0 Å². The Balaban J connectivity index is 2.06. The number of hydrogen-bond acceptors (Lipinski definition) is 3. The van der Waals surface area contributed by atoms with Gasteiger partial charge in [-0.2, -0.15) is 0 Å². The summed E-state index contributed by atoms with van der Waals surface area (Å²) in [6.07, 6.45) is 7.80. The molecule has 0 aromatic heterocycles. The molecule has 22 heavy (non-hydrogen) atoms. The lowest BCUT2D eigenvalue weighted by Gasteiger charge is -2.35. The van der Waals surface area contributed by atoms with Gasteiger partial charge in [0.05, 0.1) is 0 Å². The fourth-order valence-electron chi connectivity index (χ4n) is 2.62. The van der Waals surface area contributed by atoms with Gasteiger partial charge in [-0.05, 0) is 40.2 Å². The molecule has 0 aromatic rings. The molecule has 0 radical (unpaired) electrons. The van der Waals surface area contributed by atoms with Crippen molar-refractivity contribution in [2.75, 3.05) is 38.1 Å². The number of carbonyl (C=O) groups excluding carboxylic acids is 1. The van der Waals surface area contributed by atoms with Crippen molar-refractivity contribution in [1.29, 1.82) is 0 Å². The standard InChI is InChI=1S/C17H33BrN2O2/c1-17(2,3)22-16(21)20-14-12-19(13-15-20)11-9-7-5-4-6-8-10-18/h4-15H2,1-3H3. The molecule has 0 atom stereocenters. The van der Waals surface area contributed by atoms with E-state index < -0.39 is 5.60 Å². The van der Waals surface area contributed by atoms with Crippen LogP contribution in [0.25, 0.3) is 0 Å².